The van der Waals surface area contributed by atoms with Gasteiger partial charge in [0.1, 0.15) is 5.75 Å². The van der Waals surface area contributed by atoms with Crippen molar-refractivity contribution in [1.29, 1.82) is 0 Å². The normalized spacial score (nSPS) is 12.4. The number of allylic oxidation sites excluding steroid dienone is 1. The van der Waals surface area contributed by atoms with E-state index >= 15 is 0 Å². The van der Waals surface area contributed by atoms with Gasteiger partial charge in [0.15, 0.2) is 0 Å². The lowest BCUT2D eigenvalue weighted by atomic mass is 9.99. The van der Waals surface area contributed by atoms with Crippen molar-refractivity contribution < 1.29 is 17.9 Å². The van der Waals surface area contributed by atoms with Gasteiger partial charge in [-0.05, 0) is 55.7 Å². The minimum Gasteiger partial charge on any atom is -0.452 e. The number of halogens is 3. The molecule has 0 saturated heterocycles. The van der Waals surface area contributed by atoms with E-state index in [2.05, 4.69) is 0 Å². The molecule has 0 aliphatic carbocycles. The molecule has 0 atom stereocenters. The summed E-state index contributed by atoms with van der Waals surface area (Å²) in [5, 5.41) is 0. The third kappa shape index (κ3) is 3.91. The summed E-state index contributed by atoms with van der Waals surface area (Å²) in [7, 11) is 0. The lowest BCUT2D eigenvalue weighted by Gasteiger charge is -2.15. The van der Waals surface area contributed by atoms with Crippen LogP contribution in [-0.4, -0.2) is 6.18 Å². The summed E-state index contributed by atoms with van der Waals surface area (Å²) in [5.74, 6) is -0.859. The van der Waals surface area contributed by atoms with Gasteiger partial charge in [0.2, 0.25) is 5.76 Å². The zero-order valence-electron chi connectivity index (χ0n) is 12.7. The van der Waals surface area contributed by atoms with Crippen molar-refractivity contribution >= 4 is 6.08 Å². The number of ether oxygens (including phenoxy) is 1. The molecule has 116 valence electrons. The molecule has 0 saturated carbocycles. The lowest BCUT2D eigenvalue weighted by molar-refractivity contribution is -0.115. The van der Waals surface area contributed by atoms with Crippen LogP contribution in [0.3, 0.4) is 0 Å². The maximum absolute atomic E-state index is 13.2. The zero-order chi connectivity index (χ0) is 16.3. The van der Waals surface area contributed by atoms with Crippen LogP contribution in [0, 0.1) is 20.8 Å². The highest BCUT2D eigenvalue weighted by molar-refractivity contribution is 5.61. The van der Waals surface area contributed by atoms with E-state index in [4.69, 9.17) is 4.74 Å². The molecule has 0 radical (unpaired) electrons. The molecular formula is C18H17F3O. The predicted molar refractivity (Wildman–Crippen MR) is 81.8 cm³/mol. The standard InChI is InChI=1S/C18H17F3O/c1-12-9-13(2)16(14(3)10-12)11-17(18(19,20)21)22-15-7-5-4-6-8-15/h4-11H,1-3H3/b17-11-. The summed E-state index contributed by atoms with van der Waals surface area (Å²) in [5.41, 5.74) is 3.13. The first kappa shape index (κ1) is 16.1. The van der Waals surface area contributed by atoms with Crippen LogP contribution in [0.1, 0.15) is 22.3 Å². The van der Waals surface area contributed by atoms with E-state index in [1.165, 1.54) is 12.1 Å². The summed E-state index contributed by atoms with van der Waals surface area (Å²) < 4.78 is 44.8. The molecule has 22 heavy (non-hydrogen) atoms. The minimum atomic E-state index is -4.56. The lowest BCUT2D eigenvalue weighted by Crippen LogP contribution is -2.17. The molecule has 0 heterocycles. The molecule has 1 nitrogen and oxygen atoms in total. The van der Waals surface area contributed by atoms with Crippen LogP contribution in [0.15, 0.2) is 48.2 Å². The second-order valence-electron chi connectivity index (χ2n) is 5.23. The zero-order valence-corrected chi connectivity index (χ0v) is 12.7. The van der Waals surface area contributed by atoms with Crippen molar-refractivity contribution in [3.63, 3.8) is 0 Å². The molecule has 0 bridgehead atoms. The molecule has 0 unspecified atom stereocenters. The summed E-state index contributed by atoms with van der Waals surface area (Å²) in [6.45, 7) is 5.50. The number of hydrogen-bond donors (Lipinski definition) is 0. The molecule has 2 aromatic carbocycles. The van der Waals surface area contributed by atoms with Crippen molar-refractivity contribution in [2.75, 3.05) is 0 Å². The fourth-order valence-electron chi connectivity index (χ4n) is 2.33. The van der Waals surface area contributed by atoms with Crippen molar-refractivity contribution in [3.05, 3.63) is 70.5 Å². The fourth-order valence-corrected chi connectivity index (χ4v) is 2.33. The molecule has 0 amide bonds. The van der Waals surface area contributed by atoms with Crippen LogP contribution in [0.4, 0.5) is 13.2 Å². The van der Waals surface area contributed by atoms with Gasteiger partial charge in [-0.1, -0.05) is 35.9 Å². The number of para-hydroxylation sites is 1. The van der Waals surface area contributed by atoms with Crippen LogP contribution >= 0.6 is 0 Å². The summed E-state index contributed by atoms with van der Waals surface area (Å²) in [4.78, 5) is 0. The Bertz CT molecular complexity index is 662. The summed E-state index contributed by atoms with van der Waals surface area (Å²) >= 11 is 0. The molecular weight excluding hydrogens is 289 g/mol. The first-order valence-corrected chi connectivity index (χ1v) is 6.87. The van der Waals surface area contributed by atoms with Crippen LogP contribution < -0.4 is 4.74 Å². The van der Waals surface area contributed by atoms with Crippen molar-refractivity contribution in [2.45, 2.75) is 26.9 Å². The van der Waals surface area contributed by atoms with Crippen LogP contribution in [0.2, 0.25) is 0 Å². The highest BCUT2D eigenvalue weighted by Gasteiger charge is 2.36. The Labute approximate surface area is 128 Å². The smallest absolute Gasteiger partial charge is 0.449 e. The minimum absolute atomic E-state index is 0.161. The number of hydrogen-bond acceptors (Lipinski definition) is 1. The SMILES string of the molecule is Cc1cc(C)c(/C=C(\Oc2ccccc2)C(F)(F)F)c(C)c1. The van der Waals surface area contributed by atoms with Gasteiger partial charge in [0.25, 0.3) is 0 Å². The van der Waals surface area contributed by atoms with Gasteiger partial charge in [0, 0.05) is 0 Å². The average molecular weight is 306 g/mol. The third-order valence-electron chi connectivity index (χ3n) is 3.26. The molecule has 0 aliphatic rings. The molecule has 4 heteroatoms. The van der Waals surface area contributed by atoms with Crippen LogP contribution in [0.5, 0.6) is 5.75 Å². The molecule has 2 rings (SSSR count). The van der Waals surface area contributed by atoms with E-state index in [0.29, 0.717) is 5.56 Å². The van der Waals surface area contributed by atoms with Gasteiger partial charge in [-0.15, -0.1) is 0 Å². The molecule has 0 spiro atoms. The largest absolute Gasteiger partial charge is 0.452 e. The Kier molecular flexibility index (Phi) is 4.59. The predicted octanol–water partition coefficient (Wildman–Crippen LogP) is 5.59. The van der Waals surface area contributed by atoms with Gasteiger partial charge < -0.3 is 4.74 Å². The number of alkyl halides is 3. The van der Waals surface area contributed by atoms with Crippen LogP contribution in [0.25, 0.3) is 6.08 Å². The quantitative estimate of drug-likeness (QED) is 0.671. The molecule has 0 N–H and O–H groups in total. The fraction of sp³-hybridized carbons (Fsp3) is 0.222. The van der Waals surface area contributed by atoms with E-state index in [1.807, 2.05) is 19.1 Å². The highest BCUT2D eigenvalue weighted by Crippen LogP contribution is 2.31. The Morgan fingerprint density at radius 2 is 1.50 bits per heavy atom. The Balaban J connectivity index is 2.47. The second-order valence-corrected chi connectivity index (χ2v) is 5.23. The van der Waals surface area contributed by atoms with Gasteiger partial charge >= 0.3 is 6.18 Å². The van der Waals surface area contributed by atoms with Crippen LogP contribution in [-0.2, 0) is 0 Å². The maximum Gasteiger partial charge on any atom is 0.449 e. The van der Waals surface area contributed by atoms with Gasteiger partial charge in [-0.3, -0.25) is 0 Å². The van der Waals surface area contributed by atoms with E-state index < -0.39 is 11.9 Å². The van der Waals surface area contributed by atoms with Crippen molar-refractivity contribution in [2.24, 2.45) is 0 Å². The number of benzene rings is 2. The van der Waals surface area contributed by atoms with Crippen molar-refractivity contribution in [3.8, 4) is 5.75 Å². The Morgan fingerprint density at radius 3 is 2.00 bits per heavy atom. The second kappa shape index (κ2) is 6.26. The Hall–Kier alpha value is -2.23. The van der Waals surface area contributed by atoms with E-state index in [-0.39, 0.29) is 5.75 Å². The summed E-state index contributed by atoms with van der Waals surface area (Å²) in [6, 6.07) is 11.7. The van der Waals surface area contributed by atoms with E-state index in [0.717, 1.165) is 22.8 Å². The molecule has 0 fully saturated rings. The highest BCUT2D eigenvalue weighted by atomic mass is 19.4. The maximum atomic E-state index is 13.2. The van der Waals surface area contributed by atoms with Crippen molar-refractivity contribution in [1.82, 2.24) is 0 Å². The molecule has 2 aromatic rings. The Morgan fingerprint density at radius 1 is 0.955 bits per heavy atom. The number of aryl methyl sites for hydroxylation is 3. The molecule has 0 aliphatic heterocycles. The first-order valence-electron chi connectivity index (χ1n) is 6.87. The average Bonchev–Trinajstić information content (AvgIpc) is 2.41. The molecule has 0 aromatic heterocycles. The van der Waals surface area contributed by atoms with E-state index in [1.54, 1.807) is 32.0 Å². The van der Waals surface area contributed by atoms with E-state index in [9.17, 15) is 13.2 Å². The summed E-state index contributed by atoms with van der Waals surface area (Å²) in [6.07, 6.45) is -3.49. The monoisotopic (exact) mass is 306 g/mol. The first-order chi connectivity index (χ1) is 10.3. The van der Waals surface area contributed by atoms with Gasteiger partial charge in [-0.25, -0.2) is 0 Å². The third-order valence-corrected chi connectivity index (χ3v) is 3.26. The van der Waals surface area contributed by atoms with Gasteiger partial charge in [0.05, 0.1) is 0 Å². The topological polar surface area (TPSA) is 9.23 Å². The van der Waals surface area contributed by atoms with Gasteiger partial charge in [-0.2, -0.15) is 13.2 Å². The number of rotatable bonds is 3.